The van der Waals surface area contributed by atoms with Crippen LogP contribution < -0.4 is 14.7 Å². The Morgan fingerprint density at radius 3 is 1.82 bits per heavy atom. The summed E-state index contributed by atoms with van der Waals surface area (Å²) in [6, 6.07) is 38.7. The molecule has 0 amide bonds. The molecule has 3 aliphatic heterocycles. The molecule has 1 radical (unpaired) electrons. The standard InChI is InChI=1S/C21H20N4.C17H14N2.Ir/c1-3-8-20(9-4-1)24-16-14-22(18-24)12-7-13-23-15-17-25(19-23)21-10-5-2-6-11-21;1-18-9-10-19(12-18)17-8-4-7-15-14-6-3-2-5-13(14)11-16(15)17;/h1-6,8,10,14-19H,7,12-13H2;2-7,9-10,12H,11H2,1H3;/q-4;-2;. The van der Waals surface area contributed by atoms with E-state index in [1.165, 1.54) is 22.3 Å². The number of hydrogen-bond acceptors (Lipinski definition) is 6. The van der Waals surface area contributed by atoms with E-state index in [2.05, 4.69) is 147 Å². The van der Waals surface area contributed by atoms with Crippen LogP contribution in [-0.4, -0.2) is 34.8 Å². The molecule has 0 saturated heterocycles. The van der Waals surface area contributed by atoms with Crippen molar-refractivity contribution in [3.8, 4) is 11.1 Å². The topological polar surface area (TPSA) is 19.4 Å². The molecule has 4 aliphatic rings. The number of rotatable bonds is 7. The Kier molecular flexibility index (Phi) is 9.58. The first-order chi connectivity index (χ1) is 21.7. The largest absolute Gasteiger partial charge is 0.510 e. The van der Waals surface area contributed by atoms with E-state index in [1.807, 2.05) is 49.5 Å². The summed E-state index contributed by atoms with van der Waals surface area (Å²) < 4.78 is 0. The Hall–Kier alpha value is -4.45. The number of anilines is 3. The summed E-state index contributed by atoms with van der Waals surface area (Å²) in [7, 11) is 2.04. The summed E-state index contributed by atoms with van der Waals surface area (Å²) in [5.41, 5.74) is 8.78. The van der Waals surface area contributed by atoms with Crippen LogP contribution in [-0.2, 0) is 26.5 Å². The maximum atomic E-state index is 3.38. The van der Waals surface area contributed by atoms with Crippen molar-refractivity contribution in [1.82, 2.24) is 14.7 Å². The monoisotopic (exact) mass is 767 g/mol. The van der Waals surface area contributed by atoms with Gasteiger partial charge < -0.3 is 29.4 Å². The van der Waals surface area contributed by atoms with Crippen LogP contribution in [0.15, 0.2) is 122 Å². The van der Waals surface area contributed by atoms with Crippen molar-refractivity contribution in [2.75, 3.05) is 34.8 Å². The van der Waals surface area contributed by atoms with Crippen LogP contribution in [0.1, 0.15) is 17.5 Å². The van der Waals surface area contributed by atoms with E-state index in [0.717, 1.165) is 43.0 Å². The molecule has 0 unspecified atom stereocenters. The van der Waals surface area contributed by atoms with Crippen LogP contribution >= 0.6 is 0 Å². The number of hydrogen-bond donors (Lipinski definition) is 0. The van der Waals surface area contributed by atoms with Crippen LogP contribution in [0.2, 0.25) is 0 Å². The molecular formula is C38H34IrN6-6. The van der Waals surface area contributed by atoms with Gasteiger partial charge in [0.05, 0.1) is 0 Å². The van der Waals surface area contributed by atoms with Gasteiger partial charge in [0.25, 0.3) is 0 Å². The van der Waals surface area contributed by atoms with Crippen LogP contribution in [0.25, 0.3) is 11.1 Å². The Labute approximate surface area is 281 Å². The fourth-order valence-corrected chi connectivity index (χ4v) is 5.75. The van der Waals surface area contributed by atoms with Gasteiger partial charge in [-0.05, 0) is 81.3 Å². The predicted molar refractivity (Wildman–Crippen MR) is 178 cm³/mol. The fourth-order valence-electron chi connectivity index (χ4n) is 5.75. The number of nitrogens with zero attached hydrogens (tertiary/aromatic N) is 6. The van der Waals surface area contributed by atoms with Gasteiger partial charge in [-0.25, -0.2) is 0 Å². The normalized spacial score (nSPS) is 15.8. The minimum absolute atomic E-state index is 0. The zero-order valence-corrected chi connectivity index (χ0v) is 27.5. The molecule has 0 N–H and O–H groups in total. The molecule has 0 bridgehead atoms. The molecule has 0 saturated carbocycles. The molecule has 0 spiro atoms. The van der Waals surface area contributed by atoms with Gasteiger partial charge in [0.15, 0.2) is 0 Å². The first-order valence-corrected chi connectivity index (χ1v) is 14.9. The van der Waals surface area contributed by atoms with E-state index in [9.17, 15) is 0 Å². The molecule has 4 aromatic carbocycles. The predicted octanol–water partition coefficient (Wildman–Crippen LogP) is 7.20. The van der Waals surface area contributed by atoms with Gasteiger partial charge in [-0.1, -0.05) is 24.3 Å². The van der Waals surface area contributed by atoms with Crippen molar-refractivity contribution in [2.24, 2.45) is 0 Å². The molecule has 231 valence electrons. The van der Waals surface area contributed by atoms with Crippen molar-refractivity contribution in [3.05, 3.63) is 171 Å². The van der Waals surface area contributed by atoms with Gasteiger partial charge in [0.1, 0.15) is 0 Å². The molecule has 0 fully saturated rings. The van der Waals surface area contributed by atoms with Gasteiger partial charge in [-0.2, -0.15) is 98.9 Å². The summed E-state index contributed by atoms with van der Waals surface area (Å²) in [4.78, 5) is 12.8. The number of fused-ring (bicyclic) bond motifs is 3. The van der Waals surface area contributed by atoms with Gasteiger partial charge >= 0.3 is 0 Å². The van der Waals surface area contributed by atoms with E-state index in [0.29, 0.717) is 0 Å². The third-order valence-electron chi connectivity index (χ3n) is 7.94. The average Bonchev–Trinajstić information content (AvgIpc) is 3.89. The maximum Gasteiger partial charge on any atom is 0 e. The molecule has 0 atom stereocenters. The molecular weight excluding hydrogens is 733 g/mol. The molecule has 8 rings (SSSR count). The van der Waals surface area contributed by atoms with Crippen molar-refractivity contribution < 1.29 is 20.1 Å². The van der Waals surface area contributed by atoms with Gasteiger partial charge in [0.2, 0.25) is 0 Å². The quantitative estimate of drug-likeness (QED) is 0.162. The molecule has 6 nitrogen and oxygen atoms in total. The fraction of sp³-hybridized carbons (Fsp3) is 0.132. The van der Waals surface area contributed by atoms with Crippen LogP contribution in [0.3, 0.4) is 0 Å². The van der Waals surface area contributed by atoms with E-state index in [1.54, 1.807) is 0 Å². The van der Waals surface area contributed by atoms with Gasteiger partial charge in [-0.15, -0.1) is 28.2 Å². The second kappa shape index (κ2) is 14.1. The summed E-state index contributed by atoms with van der Waals surface area (Å²) in [6.07, 6.45) is 14.6. The number of benzene rings is 4. The Balaban J connectivity index is 0.000000160. The third kappa shape index (κ3) is 6.95. The molecule has 1 aliphatic carbocycles. The Morgan fingerprint density at radius 2 is 1.22 bits per heavy atom. The van der Waals surface area contributed by atoms with Crippen molar-refractivity contribution in [2.45, 2.75) is 12.8 Å². The zero-order chi connectivity index (χ0) is 29.7. The molecule has 0 aromatic heterocycles. The van der Waals surface area contributed by atoms with Crippen LogP contribution in [0.5, 0.6) is 0 Å². The molecule has 45 heavy (non-hydrogen) atoms. The third-order valence-corrected chi connectivity index (χ3v) is 7.94. The summed E-state index contributed by atoms with van der Waals surface area (Å²) >= 11 is 0. The van der Waals surface area contributed by atoms with Gasteiger partial charge in [-0.3, -0.25) is 0 Å². The van der Waals surface area contributed by atoms with Crippen molar-refractivity contribution >= 4 is 17.1 Å². The van der Waals surface area contributed by atoms with Crippen LogP contribution in [0.4, 0.5) is 17.1 Å². The average molecular weight is 767 g/mol. The first-order valence-electron chi connectivity index (χ1n) is 14.9. The first kappa shape index (κ1) is 30.6. The SMILES string of the molecule is CN1C=CN(c2[c-]ccc3c2Cc2ccccc2-3)[CH-]1.[Ir].[c-]1ccccc1N1C=CN(CCCN2C=CN(c3[c-]cccc3)[CH-]2)[CH-]1. The number of para-hydroxylation sites is 2. The molecule has 3 heterocycles. The smallest absolute Gasteiger partial charge is 0 e. The Bertz CT molecular complexity index is 1590. The summed E-state index contributed by atoms with van der Waals surface area (Å²) in [6.45, 7) is 8.27. The summed E-state index contributed by atoms with van der Waals surface area (Å²) in [5.74, 6) is 0. The van der Waals surface area contributed by atoms with E-state index >= 15 is 0 Å². The minimum atomic E-state index is 0. The second-order valence-electron chi connectivity index (χ2n) is 11.0. The summed E-state index contributed by atoms with van der Waals surface area (Å²) in [5, 5.41) is 0. The van der Waals surface area contributed by atoms with E-state index < -0.39 is 0 Å². The second-order valence-corrected chi connectivity index (χ2v) is 11.0. The van der Waals surface area contributed by atoms with Crippen molar-refractivity contribution in [3.63, 3.8) is 0 Å². The van der Waals surface area contributed by atoms with E-state index in [4.69, 9.17) is 0 Å². The van der Waals surface area contributed by atoms with Gasteiger partial charge in [0, 0.05) is 20.1 Å². The minimum Gasteiger partial charge on any atom is -0.510 e. The van der Waals surface area contributed by atoms with E-state index in [-0.39, 0.29) is 20.1 Å². The zero-order valence-electron chi connectivity index (χ0n) is 25.1. The maximum absolute atomic E-state index is 3.38. The van der Waals surface area contributed by atoms with Crippen LogP contribution in [0, 0.1) is 38.2 Å². The molecule has 4 aromatic rings. The Morgan fingerprint density at radius 1 is 0.600 bits per heavy atom. The van der Waals surface area contributed by atoms with Crippen molar-refractivity contribution in [1.29, 1.82) is 0 Å². The molecule has 7 heteroatoms.